The average molecular weight is 451 g/mol. The molecule has 0 unspecified atom stereocenters. The molecule has 2 heterocycles. The average Bonchev–Trinajstić information content (AvgIpc) is 2.77. The highest BCUT2D eigenvalue weighted by Crippen LogP contribution is 2.37. The van der Waals surface area contributed by atoms with Crippen molar-refractivity contribution in [1.82, 2.24) is 9.80 Å². The lowest BCUT2D eigenvalue weighted by Crippen LogP contribution is -2.55. The van der Waals surface area contributed by atoms with Crippen molar-refractivity contribution in [2.75, 3.05) is 39.4 Å². The third-order valence-electron chi connectivity index (χ3n) is 6.22. The molecule has 2 saturated heterocycles. The maximum absolute atomic E-state index is 13.7. The van der Waals surface area contributed by atoms with E-state index in [0.717, 1.165) is 24.2 Å². The highest BCUT2D eigenvalue weighted by molar-refractivity contribution is 6.31. The molecule has 2 fully saturated rings. The van der Waals surface area contributed by atoms with Gasteiger partial charge in [-0.2, -0.15) is 0 Å². The molecule has 7 heteroatoms. The second kappa shape index (κ2) is 9.23. The Morgan fingerprint density at radius 1 is 1.00 bits per heavy atom. The third-order valence-corrected chi connectivity index (χ3v) is 6.82. The maximum atomic E-state index is 13.7. The van der Waals surface area contributed by atoms with Crippen molar-refractivity contribution >= 4 is 29.1 Å². The zero-order chi connectivity index (χ0) is 21.1. The summed E-state index contributed by atoms with van der Waals surface area (Å²) in [6.07, 6.45) is 1.36. The molecule has 160 valence electrons. The van der Waals surface area contributed by atoms with Crippen LogP contribution < -0.4 is 0 Å². The normalized spacial score (nSPS) is 19.6. The van der Waals surface area contributed by atoms with E-state index in [-0.39, 0.29) is 11.7 Å². The fourth-order valence-electron chi connectivity index (χ4n) is 4.42. The Labute approximate surface area is 186 Å². The van der Waals surface area contributed by atoms with Crippen molar-refractivity contribution in [3.8, 4) is 0 Å². The zero-order valence-electron chi connectivity index (χ0n) is 16.8. The topological polar surface area (TPSA) is 32.8 Å². The fourth-order valence-corrected chi connectivity index (χ4v) is 4.77. The van der Waals surface area contributed by atoms with Crippen LogP contribution in [0.15, 0.2) is 42.5 Å². The molecular weight excluding hydrogens is 426 g/mol. The van der Waals surface area contributed by atoms with Crippen molar-refractivity contribution in [2.24, 2.45) is 0 Å². The smallest absolute Gasteiger partial charge is 0.233 e. The van der Waals surface area contributed by atoms with Gasteiger partial charge in [0.1, 0.15) is 5.82 Å². The molecule has 0 saturated carbocycles. The van der Waals surface area contributed by atoms with E-state index in [1.165, 1.54) is 12.1 Å². The minimum Gasteiger partial charge on any atom is -0.381 e. The number of carbonyl (C=O) groups excluding carboxylic acids is 1. The van der Waals surface area contributed by atoms with E-state index in [9.17, 15) is 9.18 Å². The van der Waals surface area contributed by atoms with Crippen LogP contribution in [0.5, 0.6) is 0 Å². The largest absolute Gasteiger partial charge is 0.381 e. The summed E-state index contributed by atoms with van der Waals surface area (Å²) in [4.78, 5) is 17.9. The molecule has 2 aliphatic heterocycles. The summed E-state index contributed by atoms with van der Waals surface area (Å²) in [6, 6.07) is 12.2. The first kappa shape index (κ1) is 21.6. The summed E-state index contributed by atoms with van der Waals surface area (Å²) in [5.41, 5.74) is 1.37. The van der Waals surface area contributed by atoms with Gasteiger partial charge in [-0.15, -0.1) is 0 Å². The van der Waals surface area contributed by atoms with Gasteiger partial charge in [0.2, 0.25) is 5.91 Å². The summed E-state index contributed by atoms with van der Waals surface area (Å²) in [5.74, 6) is -0.157. The molecule has 4 nitrogen and oxygen atoms in total. The molecule has 0 aromatic heterocycles. The van der Waals surface area contributed by atoms with Gasteiger partial charge < -0.3 is 9.64 Å². The fraction of sp³-hybridized carbons (Fsp3) is 0.435. The summed E-state index contributed by atoms with van der Waals surface area (Å²) in [7, 11) is 0. The molecule has 4 rings (SSSR count). The number of nitrogens with zero attached hydrogens (tertiary/aromatic N) is 2. The van der Waals surface area contributed by atoms with E-state index < -0.39 is 5.41 Å². The molecular formula is C23H25Cl2FN2O2. The molecule has 0 bridgehead atoms. The molecule has 0 atom stereocenters. The van der Waals surface area contributed by atoms with Crippen LogP contribution in [0.25, 0.3) is 0 Å². The number of hydrogen-bond donors (Lipinski definition) is 0. The van der Waals surface area contributed by atoms with E-state index in [4.69, 9.17) is 27.9 Å². The molecule has 2 aromatic carbocycles. The lowest BCUT2D eigenvalue weighted by atomic mass is 9.73. The van der Waals surface area contributed by atoms with E-state index in [2.05, 4.69) is 4.90 Å². The quantitative estimate of drug-likeness (QED) is 0.685. The minimum absolute atomic E-state index is 0.174. The van der Waals surface area contributed by atoms with Crippen LogP contribution in [0, 0.1) is 5.82 Å². The maximum Gasteiger partial charge on any atom is 0.233 e. The van der Waals surface area contributed by atoms with Gasteiger partial charge >= 0.3 is 0 Å². The van der Waals surface area contributed by atoms with Crippen LogP contribution >= 0.6 is 23.2 Å². The SMILES string of the molecule is O=C(N1CCN(Cc2ccc(F)cc2Cl)CC1)C1(c2ccc(Cl)cc2)CCOCC1. The Hall–Kier alpha value is -1.66. The first-order valence-corrected chi connectivity index (χ1v) is 11.0. The highest BCUT2D eigenvalue weighted by atomic mass is 35.5. The molecule has 2 aromatic rings. The first-order chi connectivity index (χ1) is 14.5. The number of carbonyl (C=O) groups is 1. The van der Waals surface area contributed by atoms with Crippen molar-refractivity contribution in [1.29, 1.82) is 0 Å². The number of amides is 1. The van der Waals surface area contributed by atoms with E-state index in [1.807, 2.05) is 29.2 Å². The predicted octanol–water partition coefficient (Wildman–Crippen LogP) is 4.53. The second-order valence-electron chi connectivity index (χ2n) is 8.01. The summed E-state index contributed by atoms with van der Waals surface area (Å²) in [5, 5.41) is 1.11. The monoisotopic (exact) mass is 450 g/mol. The Kier molecular flexibility index (Phi) is 6.63. The summed E-state index contributed by atoms with van der Waals surface area (Å²) < 4.78 is 18.8. The standard InChI is InChI=1S/C23H25Cl2FN2O2/c24-19-4-2-18(3-5-19)23(7-13-30-14-8-23)22(29)28-11-9-27(10-12-28)16-17-1-6-20(26)15-21(17)25/h1-6,15H,7-14,16H2. The number of halogens is 3. The first-order valence-electron chi connectivity index (χ1n) is 10.3. The highest BCUT2D eigenvalue weighted by Gasteiger charge is 2.44. The van der Waals surface area contributed by atoms with Gasteiger partial charge in [-0.3, -0.25) is 9.69 Å². The van der Waals surface area contributed by atoms with Gasteiger partial charge in [0.25, 0.3) is 0 Å². The molecule has 1 amide bonds. The summed E-state index contributed by atoms with van der Waals surface area (Å²) in [6.45, 7) is 4.65. The van der Waals surface area contributed by atoms with Crippen LogP contribution in [0.4, 0.5) is 4.39 Å². The second-order valence-corrected chi connectivity index (χ2v) is 8.85. The molecule has 0 radical (unpaired) electrons. The van der Waals surface area contributed by atoms with Crippen LogP contribution in [-0.2, 0) is 21.5 Å². The van der Waals surface area contributed by atoms with Gasteiger partial charge in [-0.05, 0) is 48.2 Å². The molecule has 30 heavy (non-hydrogen) atoms. The summed E-state index contributed by atoms with van der Waals surface area (Å²) >= 11 is 12.2. The van der Waals surface area contributed by atoms with Gasteiger partial charge in [0.05, 0.1) is 5.41 Å². The minimum atomic E-state index is -0.550. The number of benzene rings is 2. The van der Waals surface area contributed by atoms with Crippen molar-refractivity contribution in [2.45, 2.75) is 24.8 Å². The van der Waals surface area contributed by atoms with Crippen LogP contribution in [0.3, 0.4) is 0 Å². The Bertz CT molecular complexity index is 893. The Morgan fingerprint density at radius 3 is 2.30 bits per heavy atom. The van der Waals surface area contributed by atoms with Gasteiger partial charge in [0, 0.05) is 56.0 Å². The van der Waals surface area contributed by atoms with Gasteiger partial charge in [-0.25, -0.2) is 4.39 Å². The van der Waals surface area contributed by atoms with Crippen molar-refractivity contribution in [3.63, 3.8) is 0 Å². The van der Waals surface area contributed by atoms with E-state index >= 15 is 0 Å². The van der Waals surface area contributed by atoms with Crippen LogP contribution in [0.1, 0.15) is 24.0 Å². The lowest BCUT2D eigenvalue weighted by molar-refractivity contribution is -0.143. The van der Waals surface area contributed by atoms with Crippen molar-refractivity contribution in [3.05, 3.63) is 69.5 Å². The molecule has 0 spiro atoms. The molecule has 2 aliphatic rings. The number of piperazine rings is 1. The zero-order valence-corrected chi connectivity index (χ0v) is 18.3. The number of hydrogen-bond acceptors (Lipinski definition) is 3. The lowest BCUT2D eigenvalue weighted by Gasteiger charge is -2.43. The number of ether oxygens (including phenoxy) is 1. The van der Waals surface area contributed by atoms with E-state index in [1.54, 1.807) is 6.07 Å². The predicted molar refractivity (Wildman–Crippen MR) is 116 cm³/mol. The van der Waals surface area contributed by atoms with Crippen molar-refractivity contribution < 1.29 is 13.9 Å². The van der Waals surface area contributed by atoms with Gasteiger partial charge in [0.15, 0.2) is 0 Å². The van der Waals surface area contributed by atoms with Gasteiger partial charge in [-0.1, -0.05) is 41.4 Å². The third kappa shape index (κ3) is 4.50. The Balaban J connectivity index is 1.44. The molecule has 0 N–H and O–H groups in total. The molecule has 0 aliphatic carbocycles. The Morgan fingerprint density at radius 2 is 1.67 bits per heavy atom. The van der Waals surface area contributed by atoms with Crippen LogP contribution in [-0.4, -0.2) is 55.1 Å². The van der Waals surface area contributed by atoms with Crippen LogP contribution in [0.2, 0.25) is 10.0 Å². The van der Waals surface area contributed by atoms with E-state index in [0.29, 0.717) is 55.7 Å². The number of rotatable bonds is 4.